The fourth-order valence-corrected chi connectivity index (χ4v) is 9.88. The molecule has 0 bridgehead atoms. The summed E-state index contributed by atoms with van der Waals surface area (Å²) in [7, 11) is 0. The molecule has 3 aromatic carbocycles. The van der Waals surface area contributed by atoms with Crippen molar-refractivity contribution in [3.63, 3.8) is 0 Å². The monoisotopic (exact) mass is 648 g/mol. The maximum atomic E-state index is 2.28. The molecule has 0 aliphatic heterocycles. The first kappa shape index (κ1) is 22.0. The molecule has 0 nitrogen and oxygen atoms in total. The van der Waals surface area contributed by atoms with Crippen molar-refractivity contribution in [2.75, 3.05) is 0 Å². The van der Waals surface area contributed by atoms with E-state index in [1.54, 1.807) is 0 Å². The van der Waals surface area contributed by atoms with Crippen LogP contribution >= 0.6 is 0 Å². The molecule has 0 amide bonds. The molecule has 0 N–H and O–H groups in total. The Morgan fingerprint density at radius 3 is 0.917 bits per heavy atom. The Hall–Kier alpha value is -0.0618. The summed E-state index contributed by atoms with van der Waals surface area (Å²) in [6, 6.07) is 33.0. The van der Waals surface area contributed by atoms with Gasteiger partial charge in [-0.05, 0) is 0 Å². The van der Waals surface area contributed by atoms with E-state index in [0.717, 1.165) is 0 Å². The van der Waals surface area contributed by atoms with Gasteiger partial charge in [0.25, 0.3) is 0 Å². The molecule has 0 aliphatic carbocycles. The van der Waals surface area contributed by atoms with E-state index in [2.05, 4.69) is 91.0 Å². The first-order valence-electron chi connectivity index (χ1n) is 7.74. The summed E-state index contributed by atoms with van der Waals surface area (Å²) in [4.78, 5) is 0. The molecule has 0 spiro atoms. The van der Waals surface area contributed by atoms with E-state index in [1.165, 1.54) is 29.8 Å². The van der Waals surface area contributed by atoms with Gasteiger partial charge in [-0.25, -0.2) is 0 Å². The molecule has 24 heavy (non-hydrogen) atoms. The first-order valence-corrected chi connectivity index (χ1v) is 13.2. The van der Waals surface area contributed by atoms with E-state index in [4.69, 9.17) is 0 Å². The van der Waals surface area contributed by atoms with E-state index >= 15 is 0 Å². The van der Waals surface area contributed by atoms with Crippen molar-refractivity contribution < 1.29 is 48.0 Å². The third kappa shape index (κ3) is 7.45. The summed E-state index contributed by atoms with van der Waals surface area (Å²) in [6.07, 6.45) is 0. The van der Waals surface area contributed by atoms with Crippen LogP contribution in [0.5, 0.6) is 0 Å². The zero-order valence-electron chi connectivity index (χ0n) is 13.5. The van der Waals surface area contributed by atoms with Gasteiger partial charge in [0.2, 0.25) is 0 Å². The zero-order valence-corrected chi connectivity index (χ0v) is 20.4. The molecule has 3 aromatic rings. The molecule has 0 radical (unpaired) electrons. The average molecular weight is 649 g/mol. The Balaban J connectivity index is 0.00000144. The van der Waals surface area contributed by atoms with Crippen molar-refractivity contribution in [2.45, 2.75) is 13.1 Å². The van der Waals surface area contributed by atoms with Crippen LogP contribution in [0.3, 0.4) is 0 Å². The fourth-order valence-electron chi connectivity index (χ4n) is 2.69. The van der Waals surface area contributed by atoms with Crippen LogP contribution in [-0.2, 0) is 13.1 Å². The Morgan fingerprint density at radius 1 is 0.417 bits per heavy atom. The minimum absolute atomic E-state index is 0. The number of rotatable bonds is 6. The van der Waals surface area contributed by atoms with Crippen LogP contribution in [0.1, 0.15) is 16.7 Å². The van der Waals surface area contributed by atoms with Crippen LogP contribution in [0.2, 0.25) is 0 Å². The summed E-state index contributed by atoms with van der Waals surface area (Å²) >= 11 is -1.41. The van der Waals surface area contributed by atoms with Gasteiger partial charge in [-0.3, -0.25) is 0 Å². The van der Waals surface area contributed by atoms with E-state index in [1.807, 2.05) is 0 Å². The van der Waals surface area contributed by atoms with Crippen molar-refractivity contribution in [3.05, 3.63) is 108 Å². The van der Waals surface area contributed by atoms with Gasteiger partial charge in [0.15, 0.2) is 0 Å². The van der Waals surface area contributed by atoms with Crippen molar-refractivity contribution in [2.24, 2.45) is 0 Å². The molecule has 0 aliphatic rings. The van der Waals surface area contributed by atoms with Crippen molar-refractivity contribution in [1.82, 2.24) is 0 Å². The van der Waals surface area contributed by atoms with Gasteiger partial charge in [-0.15, -0.1) is 0 Å². The topological polar surface area (TPSA) is 0 Å². The van der Waals surface area contributed by atoms with E-state index in [9.17, 15) is 0 Å². The summed E-state index contributed by atoms with van der Waals surface area (Å²) in [5.41, 5.74) is 4.53. The summed E-state index contributed by atoms with van der Waals surface area (Å²) < 4.78 is 3.94. The standard InChI is InChI=1S/3C7H7.2HI.Sb/c3*1-7-5-3-2-4-6-7;;;/h3*2-6H,1H2;2*1H;/p-2. The molecule has 0 fully saturated rings. The summed E-state index contributed by atoms with van der Waals surface area (Å²) in [6.45, 7) is 0. The number of halogens is 2. The molecule has 3 heteroatoms. The Labute approximate surface area is 187 Å². The molecule has 0 aromatic heterocycles. The van der Waals surface area contributed by atoms with Gasteiger partial charge in [0.1, 0.15) is 0 Å². The van der Waals surface area contributed by atoms with Crippen LogP contribution in [0.4, 0.5) is 0 Å². The fraction of sp³-hybridized carbons (Fsp3) is 0.143. The molecule has 0 atom stereocenters. The quantitative estimate of drug-likeness (QED) is 0.234. The van der Waals surface area contributed by atoms with Crippen LogP contribution in [0, 0.1) is 0 Å². The van der Waals surface area contributed by atoms with Gasteiger partial charge in [-0.1, -0.05) is 0 Å². The van der Waals surface area contributed by atoms with Crippen molar-refractivity contribution in [1.29, 1.82) is 0 Å². The second kappa shape index (κ2) is 12.3. The van der Waals surface area contributed by atoms with Crippen molar-refractivity contribution >= 4 is 20.2 Å². The third-order valence-electron chi connectivity index (χ3n) is 3.75. The van der Waals surface area contributed by atoms with Gasteiger partial charge in [-0.2, -0.15) is 0 Å². The molecule has 0 heterocycles. The summed E-state index contributed by atoms with van der Waals surface area (Å²) in [5.74, 6) is 0. The molecule has 0 unspecified atom stereocenters. The SMILES string of the molecule is [I-].[I-].c1ccc([CH2][Sb]([CH2]c2ccccc2)[CH2]c2ccccc2)cc1. The summed E-state index contributed by atoms with van der Waals surface area (Å²) in [5, 5.41) is 0. The second-order valence-electron chi connectivity index (χ2n) is 5.60. The van der Waals surface area contributed by atoms with Crippen LogP contribution in [0.25, 0.3) is 0 Å². The number of hydrogen-bond donors (Lipinski definition) is 0. The maximum absolute atomic E-state index is 2.28. The van der Waals surface area contributed by atoms with Crippen LogP contribution < -0.4 is 48.0 Å². The Bertz CT molecular complexity index is 573. The molecule has 0 saturated carbocycles. The van der Waals surface area contributed by atoms with E-state index < -0.39 is 20.2 Å². The van der Waals surface area contributed by atoms with Crippen LogP contribution in [-0.4, -0.2) is 20.2 Å². The van der Waals surface area contributed by atoms with Gasteiger partial charge in [0.05, 0.1) is 0 Å². The number of benzene rings is 3. The van der Waals surface area contributed by atoms with Gasteiger partial charge in [0, 0.05) is 0 Å². The van der Waals surface area contributed by atoms with Crippen LogP contribution in [0.15, 0.2) is 91.0 Å². The molecule has 3 rings (SSSR count). The van der Waals surface area contributed by atoms with E-state index in [0.29, 0.717) is 0 Å². The van der Waals surface area contributed by atoms with E-state index in [-0.39, 0.29) is 48.0 Å². The second-order valence-corrected chi connectivity index (χ2v) is 12.1. The van der Waals surface area contributed by atoms with Gasteiger partial charge < -0.3 is 48.0 Å². The number of hydrogen-bond acceptors (Lipinski definition) is 0. The minimum atomic E-state index is -1.41. The third-order valence-corrected chi connectivity index (χ3v) is 10.7. The molecule has 0 saturated heterocycles. The normalized spacial score (nSPS) is 9.88. The average Bonchev–Trinajstić information content (AvgIpc) is 2.57. The predicted octanol–water partition coefficient (Wildman–Crippen LogP) is -1.17. The molecular weight excluding hydrogens is 628 g/mol. The Kier molecular flexibility index (Phi) is 11.3. The zero-order chi connectivity index (χ0) is 15.0. The molecule has 126 valence electrons. The Morgan fingerprint density at radius 2 is 0.667 bits per heavy atom. The van der Waals surface area contributed by atoms with Crippen molar-refractivity contribution in [3.8, 4) is 0 Å². The predicted molar refractivity (Wildman–Crippen MR) is 96.2 cm³/mol. The van der Waals surface area contributed by atoms with Gasteiger partial charge >= 0.3 is 141 Å². The first-order chi connectivity index (χ1) is 10.9. The molecular formula is C21H21I2Sb-2.